The Morgan fingerprint density at radius 1 is 0.973 bits per heavy atom. The largest absolute Gasteiger partial charge is 0.369 e. The van der Waals surface area contributed by atoms with E-state index in [0.717, 1.165) is 32.9 Å². The van der Waals surface area contributed by atoms with Crippen LogP contribution < -0.4 is 5.73 Å². The molecule has 1 saturated heterocycles. The minimum Gasteiger partial charge on any atom is -0.369 e. The van der Waals surface area contributed by atoms with Crippen molar-refractivity contribution in [3.05, 3.63) is 71.5 Å². The number of para-hydroxylation sites is 2. The van der Waals surface area contributed by atoms with Crippen molar-refractivity contribution in [2.24, 2.45) is 10.7 Å². The molecular weight excluding hydrogens is 468 g/mol. The normalized spacial score (nSPS) is 27.4. The minimum atomic E-state index is -1.44. The van der Waals surface area contributed by atoms with E-state index in [0.29, 0.717) is 5.69 Å². The summed E-state index contributed by atoms with van der Waals surface area (Å²) in [6.07, 6.45) is 2.13. The van der Waals surface area contributed by atoms with E-state index in [1.807, 2.05) is 54.7 Å². The number of rotatable bonds is 1. The zero-order valence-electron chi connectivity index (χ0n) is 20.7. The molecule has 186 valence electrons. The van der Waals surface area contributed by atoms with Gasteiger partial charge in [0.1, 0.15) is 0 Å². The van der Waals surface area contributed by atoms with Gasteiger partial charge in [0, 0.05) is 55.6 Å². The molecular formula is C27H26N8O2. The fourth-order valence-electron chi connectivity index (χ4n) is 6.89. The average Bonchev–Trinajstić information content (AvgIpc) is 3.59. The Morgan fingerprint density at radius 3 is 2.30 bits per heavy atom. The van der Waals surface area contributed by atoms with E-state index in [1.165, 1.54) is 9.80 Å². The van der Waals surface area contributed by atoms with Crippen LogP contribution in [0.4, 0.5) is 0 Å². The first kappa shape index (κ1) is 21.7. The number of guanidine groups is 2. The molecule has 37 heavy (non-hydrogen) atoms. The van der Waals surface area contributed by atoms with Gasteiger partial charge in [-0.2, -0.15) is 0 Å². The molecule has 10 heteroatoms. The number of H-pyrrole nitrogens is 2. The Kier molecular flexibility index (Phi) is 3.97. The monoisotopic (exact) mass is 494 g/mol. The topological polar surface area (TPSA) is 138 Å². The molecule has 2 spiro atoms. The maximum Gasteiger partial charge on any atom is 0.261 e. The second-order valence-corrected chi connectivity index (χ2v) is 10.2. The minimum absolute atomic E-state index is 0.0484. The zero-order chi connectivity index (χ0) is 25.9. The molecule has 2 aromatic carbocycles. The van der Waals surface area contributed by atoms with E-state index in [2.05, 4.69) is 9.97 Å². The number of carbonyl (C=O) groups is 2. The lowest BCUT2D eigenvalue weighted by Crippen LogP contribution is -2.63. The number of aliphatic imine (C=N–C) groups is 1. The van der Waals surface area contributed by atoms with Crippen molar-refractivity contribution in [2.45, 2.75) is 23.4 Å². The zero-order valence-corrected chi connectivity index (χ0v) is 20.7. The van der Waals surface area contributed by atoms with Crippen molar-refractivity contribution in [1.29, 1.82) is 5.41 Å². The molecule has 1 fully saturated rings. The number of nitrogens with zero attached hydrogens (tertiary/aromatic N) is 4. The molecule has 0 saturated carbocycles. The van der Waals surface area contributed by atoms with Crippen LogP contribution in [-0.4, -0.2) is 75.1 Å². The summed E-state index contributed by atoms with van der Waals surface area (Å²) < 4.78 is 0. The summed E-state index contributed by atoms with van der Waals surface area (Å²) in [5.41, 5.74) is 7.54. The number of nitrogens with two attached hydrogens (primary N) is 1. The Bertz CT molecular complexity index is 1720. The predicted octanol–water partition coefficient (Wildman–Crippen LogP) is 2.05. The standard InChI is InChI=1S/C27H26N8O2/c1-33-22(36)26(32-24(33)28)12-16-14-8-5-7-11-19(14)31-21(16)27(23(37)34(2)25(29)35(27)3)20(26)17-13-30-18-10-6-4-9-15(17)18/h4-11,13,20,29-31H,12H2,1-3H3,(H2,28,32)/t20-,26-,27+/m0/s1. The number of fused-ring (bicyclic) bond motifs is 5. The Balaban J connectivity index is 1.68. The highest BCUT2D eigenvalue weighted by Gasteiger charge is 2.72. The fraction of sp³-hybridized carbons (Fsp3) is 0.259. The molecule has 2 amide bonds. The summed E-state index contributed by atoms with van der Waals surface area (Å²) >= 11 is 0. The van der Waals surface area contributed by atoms with Gasteiger partial charge in [-0.05, 0) is 23.3 Å². The van der Waals surface area contributed by atoms with Gasteiger partial charge in [-0.15, -0.1) is 0 Å². The molecule has 1 aliphatic carbocycles. The van der Waals surface area contributed by atoms with Crippen LogP contribution in [0.5, 0.6) is 0 Å². The summed E-state index contributed by atoms with van der Waals surface area (Å²) in [7, 11) is 4.97. The van der Waals surface area contributed by atoms with E-state index in [9.17, 15) is 9.59 Å². The summed E-state index contributed by atoms with van der Waals surface area (Å²) in [6.45, 7) is 0. The highest BCUT2D eigenvalue weighted by molar-refractivity contribution is 6.14. The lowest BCUT2D eigenvalue weighted by atomic mass is 9.58. The Hall–Kier alpha value is -4.60. The molecule has 0 unspecified atom stereocenters. The number of hydrogen-bond donors (Lipinski definition) is 4. The summed E-state index contributed by atoms with van der Waals surface area (Å²) in [6, 6.07) is 15.6. The number of likely N-dealkylation sites (N-methyl/N-ethyl adjacent to an activating group) is 3. The van der Waals surface area contributed by atoms with Crippen LogP contribution >= 0.6 is 0 Å². The van der Waals surface area contributed by atoms with Crippen LogP contribution in [0.2, 0.25) is 0 Å². The van der Waals surface area contributed by atoms with Crippen LogP contribution in [0.1, 0.15) is 22.7 Å². The number of amides is 2. The highest BCUT2D eigenvalue weighted by atomic mass is 16.2. The summed E-state index contributed by atoms with van der Waals surface area (Å²) in [5.74, 6) is -1.18. The van der Waals surface area contributed by atoms with Crippen LogP contribution in [0.25, 0.3) is 21.8 Å². The Morgan fingerprint density at radius 2 is 1.65 bits per heavy atom. The predicted molar refractivity (Wildman–Crippen MR) is 140 cm³/mol. The van der Waals surface area contributed by atoms with Gasteiger partial charge in [0.25, 0.3) is 11.8 Å². The van der Waals surface area contributed by atoms with E-state index in [1.54, 1.807) is 26.0 Å². The number of nitrogens with one attached hydrogen (secondary N) is 3. The van der Waals surface area contributed by atoms with E-state index < -0.39 is 17.0 Å². The van der Waals surface area contributed by atoms with E-state index >= 15 is 0 Å². The summed E-state index contributed by atoms with van der Waals surface area (Å²) in [5, 5.41) is 10.7. The Labute approximate surface area is 212 Å². The van der Waals surface area contributed by atoms with Crippen molar-refractivity contribution >= 4 is 45.5 Å². The van der Waals surface area contributed by atoms with Crippen molar-refractivity contribution < 1.29 is 9.59 Å². The maximum atomic E-state index is 14.5. The molecule has 4 heterocycles. The molecule has 3 aliphatic rings. The molecule has 0 radical (unpaired) electrons. The van der Waals surface area contributed by atoms with Crippen LogP contribution in [0.15, 0.2) is 59.7 Å². The van der Waals surface area contributed by atoms with Gasteiger partial charge in [0.05, 0.1) is 11.6 Å². The van der Waals surface area contributed by atoms with Crippen molar-refractivity contribution in [2.75, 3.05) is 21.1 Å². The van der Waals surface area contributed by atoms with E-state index in [-0.39, 0.29) is 30.2 Å². The molecule has 3 atom stereocenters. The molecule has 7 rings (SSSR count). The quantitative estimate of drug-likeness (QED) is 0.322. The number of carbonyl (C=O) groups excluding carboxylic acids is 2. The second-order valence-electron chi connectivity index (χ2n) is 10.2. The van der Waals surface area contributed by atoms with Gasteiger partial charge < -0.3 is 20.6 Å². The van der Waals surface area contributed by atoms with Crippen molar-refractivity contribution in [3.8, 4) is 0 Å². The lowest BCUT2D eigenvalue weighted by Gasteiger charge is -2.50. The maximum absolute atomic E-state index is 14.5. The summed E-state index contributed by atoms with van der Waals surface area (Å²) in [4.78, 5) is 44.9. The fourth-order valence-corrected chi connectivity index (χ4v) is 6.89. The SMILES string of the molecule is CN1C(=N)N(C)[C@@]2(C1=O)c1[nH]c3ccccc3c1C[C@]1(N=C(N)N(C)C1=O)[C@@H]2c1c[nH]c2ccccc12. The van der Waals surface area contributed by atoms with Gasteiger partial charge in [0.2, 0.25) is 5.96 Å². The number of hydrogen-bond acceptors (Lipinski definition) is 5. The number of aromatic nitrogens is 2. The van der Waals surface area contributed by atoms with Crippen molar-refractivity contribution in [3.63, 3.8) is 0 Å². The molecule has 5 N–H and O–H groups in total. The lowest BCUT2D eigenvalue weighted by molar-refractivity contribution is -0.139. The molecule has 10 nitrogen and oxygen atoms in total. The van der Waals surface area contributed by atoms with Crippen LogP contribution in [0, 0.1) is 5.41 Å². The number of aromatic amines is 2. The van der Waals surface area contributed by atoms with Gasteiger partial charge in [-0.25, -0.2) is 4.99 Å². The molecule has 2 aromatic heterocycles. The first-order valence-electron chi connectivity index (χ1n) is 12.1. The second kappa shape index (κ2) is 6.78. The van der Waals surface area contributed by atoms with Gasteiger partial charge >= 0.3 is 0 Å². The third-order valence-electron chi connectivity index (χ3n) is 8.60. The first-order chi connectivity index (χ1) is 17.7. The van der Waals surface area contributed by atoms with Crippen LogP contribution in [0.3, 0.4) is 0 Å². The third-order valence-corrected chi connectivity index (χ3v) is 8.60. The van der Waals surface area contributed by atoms with Gasteiger partial charge in [-0.3, -0.25) is 24.8 Å². The molecule has 2 aliphatic heterocycles. The van der Waals surface area contributed by atoms with Gasteiger partial charge in [0.15, 0.2) is 17.0 Å². The average molecular weight is 495 g/mol. The van der Waals surface area contributed by atoms with Gasteiger partial charge in [-0.1, -0.05) is 36.4 Å². The number of benzene rings is 2. The molecule has 0 bridgehead atoms. The highest BCUT2D eigenvalue weighted by Crippen LogP contribution is 2.60. The first-order valence-corrected chi connectivity index (χ1v) is 12.1. The molecule has 4 aromatic rings. The van der Waals surface area contributed by atoms with E-state index in [4.69, 9.17) is 16.1 Å². The third kappa shape index (κ3) is 2.31. The smallest absolute Gasteiger partial charge is 0.261 e. The van der Waals surface area contributed by atoms with Crippen LogP contribution in [-0.2, 0) is 21.5 Å². The van der Waals surface area contributed by atoms with Crippen molar-refractivity contribution in [1.82, 2.24) is 24.7 Å².